The average molecular weight is 435 g/mol. The summed E-state index contributed by atoms with van der Waals surface area (Å²) in [5, 5.41) is 14.9. The van der Waals surface area contributed by atoms with Crippen LogP contribution < -0.4 is 14.8 Å². The van der Waals surface area contributed by atoms with Crippen molar-refractivity contribution in [1.29, 1.82) is 0 Å². The van der Waals surface area contributed by atoms with Crippen molar-refractivity contribution >= 4 is 11.9 Å². The number of benzene rings is 2. The quantitative estimate of drug-likeness (QED) is 0.564. The fourth-order valence-electron chi connectivity index (χ4n) is 3.69. The van der Waals surface area contributed by atoms with Gasteiger partial charge in [-0.05, 0) is 60.0 Å². The van der Waals surface area contributed by atoms with E-state index < -0.39 is 12.0 Å². The fourth-order valence-corrected chi connectivity index (χ4v) is 3.69. The first-order valence-electron chi connectivity index (χ1n) is 10.3. The Morgan fingerprint density at radius 1 is 1.16 bits per heavy atom. The zero-order valence-electron chi connectivity index (χ0n) is 18.5. The van der Waals surface area contributed by atoms with Crippen LogP contribution in [0.3, 0.4) is 0 Å². The third kappa shape index (κ3) is 4.01. The monoisotopic (exact) mass is 435 g/mol. The number of esters is 1. The lowest BCUT2D eigenvalue weighted by molar-refractivity contribution is -0.139. The Hall–Kier alpha value is -3.88. The predicted octanol–water partition coefficient (Wildman–Crippen LogP) is 3.42. The van der Waals surface area contributed by atoms with Crippen LogP contribution in [-0.2, 0) is 16.1 Å². The zero-order chi connectivity index (χ0) is 22.7. The molecule has 0 spiro atoms. The smallest absolute Gasteiger partial charge is 0.338 e. The number of hydrogen-bond acceptors (Lipinski definition) is 8. The molecule has 0 saturated heterocycles. The minimum atomic E-state index is -0.570. The Morgan fingerprint density at radius 2 is 1.97 bits per heavy atom. The maximum Gasteiger partial charge on any atom is 0.338 e. The van der Waals surface area contributed by atoms with Crippen LogP contribution in [0.2, 0.25) is 0 Å². The molecule has 0 saturated carbocycles. The van der Waals surface area contributed by atoms with E-state index in [1.54, 1.807) is 25.6 Å². The number of carbonyl (C=O) groups excluding carboxylic acids is 1. The molecule has 3 aromatic rings. The number of nitrogens with zero attached hydrogens (tertiary/aromatic N) is 4. The lowest BCUT2D eigenvalue weighted by Gasteiger charge is -2.27. The molecule has 1 aliphatic rings. The second kappa shape index (κ2) is 9.09. The van der Waals surface area contributed by atoms with Crippen molar-refractivity contribution in [3.63, 3.8) is 0 Å². The lowest BCUT2D eigenvalue weighted by Crippen LogP contribution is -2.29. The number of carbonyl (C=O) groups is 1. The molecule has 0 radical (unpaired) electrons. The number of tetrazole rings is 1. The molecule has 0 fully saturated rings. The van der Waals surface area contributed by atoms with Crippen molar-refractivity contribution in [2.45, 2.75) is 33.4 Å². The van der Waals surface area contributed by atoms with Gasteiger partial charge in [-0.25, -0.2) is 4.79 Å². The van der Waals surface area contributed by atoms with Crippen molar-refractivity contribution in [3.05, 3.63) is 70.4 Å². The summed E-state index contributed by atoms with van der Waals surface area (Å²) in [5.41, 5.74) is 4.08. The van der Waals surface area contributed by atoms with Gasteiger partial charge in [0.15, 0.2) is 11.5 Å². The van der Waals surface area contributed by atoms with Gasteiger partial charge in [-0.3, -0.25) is 0 Å². The number of aryl methyl sites for hydroxylation is 1. The molecule has 1 N–H and O–H groups in total. The number of aromatic nitrogens is 4. The number of methoxy groups -OCH3 is 1. The Balaban J connectivity index is 1.69. The average Bonchev–Trinajstić information content (AvgIpc) is 3.25. The molecular weight excluding hydrogens is 410 g/mol. The highest BCUT2D eigenvalue weighted by atomic mass is 16.5. The van der Waals surface area contributed by atoms with E-state index in [4.69, 9.17) is 14.2 Å². The molecule has 1 unspecified atom stereocenters. The van der Waals surface area contributed by atoms with E-state index in [1.165, 1.54) is 0 Å². The van der Waals surface area contributed by atoms with Gasteiger partial charge in [-0.2, -0.15) is 4.68 Å². The van der Waals surface area contributed by atoms with Crippen molar-refractivity contribution < 1.29 is 19.0 Å². The molecule has 2 heterocycles. The molecular formula is C23H25N5O4. The minimum absolute atomic E-state index is 0.264. The molecule has 166 valence electrons. The van der Waals surface area contributed by atoms with Crippen LogP contribution >= 0.6 is 0 Å². The van der Waals surface area contributed by atoms with Crippen LogP contribution in [-0.4, -0.2) is 39.9 Å². The normalized spacial score (nSPS) is 15.1. The number of hydrogen-bond donors (Lipinski definition) is 1. The van der Waals surface area contributed by atoms with E-state index in [2.05, 4.69) is 20.8 Å². The van der Waals surface area contributed by atoms with E-state index in [0.29, 0.717) is 35.3 Å². The second-order valence-electron chi connectivity index (χ2n) is 7.36. The Labute approximate surface area is 186 Å². The first-order valence-corrected chi connectivity index (χ1v) is 10.3. The summed E-state index contributed by atoms with van der Waals surface area (Å²) in [4.78, 5) is 12.8. The summed E-state index contributed by atoms with van der Waals surface area (Å²) in [6.45, 7) is 6.30. The van der Waals surface area contributed by atoms with Crippen LogP contribution in [0.25, 0.3) is 0 Å². The molecule has 1 aromatic heterocycles. The van der Waals surface area contributed by atoms with Gasteiger partial charge in [0.2, 0.25) is 5.95 Å². The van der Waals surface area contributed by atoms with Crippen LogP contribution in [0.1, 0.15) is 36.6 Å². The van der Waals surface area contributed by atoms with Crippen molar-refractivity contribution in [2.75, 3.05) is 19.0 Å². The Bertz CT molecular complexity index is 1170. The maximum atomic E-state index is 12.8. The van der Waals surface area contributed by atoms with E-state index in [-0.39, 0.29) is 6.61 Å². The van der Waals surface area contributed by atoms with E-state index in [1.807, 2.05) is 49.4 Å². The summed E-state index contributed by atoms with van der Waals surface area (Å²) in [5.74, 6) is 1.16. The highest BCUT2D eigenvalue weighted by Crippen LogP contribution is 2.38. The predicted molar refractivity (Wildman–Crippen MR) is 117 cm³/mol. The molecule has 9 heteroatoms. The van der Waals surface area contributed by atoms with Gasteiger partial charge in [0.1, 0.15) is 12.6 Å². The molecule has 1 atom stereocenters. The molecule has 32 heavy (non-hydrogen) atoms. The highest BCUT2D eigenvalue weighted by Gasteiger charge is 2.35. The SMILES string of the molecule is CCOC(=O)C1=C(C)Nc2nnnn2C1c1ccc(OCc2ccccc2C)c(OC)c1. The van der Waals surface area contributed by atoms with Gasteiger partial charge in [0.05, 0.1) is 19.3 Å². The molecule has 4 rings (SSSR count). The number of allylic oxidation sites excluding steroid dienone is 1. The highest BCUT2D eigenvalue weighted by molar-refractivity contribution is 5.92. The molecule has 2 aromatic carbocycles. The largest absolute Gasteiger partial charge is 0.493 e. The molecule has 9 nitrogen and oxygen atoms in total. The van der Waals surface area contributed by atoms with Crippen LogP contribution in [0, 0.1) is 6.92 Å². The summed E-state index contributed by atoms with van der Waals surface area (Å²) in [7, 11) is 1.58. The van der Waals surface area contributed by atoms with Gasteiger partial charge in [0.25, 0.3) is 0 Å². The van der Waals surface area contributed by atoms with Gasteiger partial charge < -0.3 is 19.5 Å². The molecule has 0 aliphatic carbocycles. The molecule has 1 aliphatic heterocycles. The topological polar surface area (TPSA) is 100 Å². The van der Waals surface area contributed by atoms with Crippen LogP contribution in [0.15, 0.2) is 53.7 Å². The minimum Gasteiger partial charge on any atom is -0.493 e. The summed E-state index contributed by atoms with van der Waals surface area (Å²) < 4.78 is 18.5. The Kier molecular flexibility index (Phi) is 6.07. The maximum absolute atomic E-state index is 12.8. The zero-order valence-corrected chi connectivity index (χ0v) is 18.5. The number of nitrogens with one attached hydrogen (secondary N) is 1. The van der Waals surface area contributed by atoms with E-state index in [9.17, 15) is 4.79 Å². The third-order valence-electron chi connectivity index (χ3n) is 5.36. The molecule has 0 bridgehead atoms. The van der Waals surface area contributed by atoms with Gasteiger partial charge in [-0.1, -0.05) is 35.4 Å². The van der Waals surface area contributed by atoms with Crippen molar-refractivity contribution in [1.82, 2.24) is 20.2 Å². The van der Waals surface area contributed by atoms with Gasteiger partial charge in [0, 0.05) is 5.70 Å². The first kappa shape index (κ1) is 21.4. The summed E-state index contributed by atoms with van der Waals surface area (Å²) >= 11 is 0. The fraction of sp³-hybridized carbons (Fsp3) is 0.304. The first-order chi connectivity index (χ1) is 15.5. The van der Waals surface area contributed by atoms with Gasteiger partial charge in [-0.15, -0.1) is 0 Å². The number of ether oxygens (including phenoxy) is 3. The number of anilines is 1. The van der Waals surface area contributed by atoms with Crippen molar-refractivity contribution in [3.8, 4) is 11.5 Å². The van der Waals surface area contributed by atoms with Gasteiger partial charge >= 0.3 is 5.97 Å². The summed E-state index contributed by atoms with van der Waals surface area (Å²) in [6, 6.07) is 13.0. The Morgan fingerprint density at radius 3 is 2.72 bits per heavy atom. The van der Waals surface area contributed by atoms with E-state index in [0.717, 1.165) is 16.7 Å². The lowest BCUT2D eigenvalue weighted by atomic mass is 9.95. The van der Waals surface area contributed by atoms with Crippen LogP contribution in [0.4, 0.5) is 5.95 Å². The molecule has 0 amide bonds. The van der Waals surface area contributed by atoms with Crippen molar-refractivity contribution in [2.24, 2.45) is 0 Å². The standard InChI is InChI=1S/C23H25N5O4/c1-5-31-22(29)20-15(3)24-23-25-26-27-28(23)21(20)16-10-11-18(19(12-16)30-4)32-13-17-9-7-6-8-14(17)2/h6-12,21H,5,13H2,1-4H3,(H,24,25,27). The summed E-state index contributed by atoms with van der Waals surface area (Å²) in [6.07, 6.45) is 0. The van der Waals surface area contributed by atoms with Crippen LogP contribution in [0.5, 0.6) is 11.5 Å². The number of fused-ring (bicyclic) bond motifs is 1. The number of rotatable bonds is 7. The second-order valence-corrected chi connectivity index (χ2v) is 7.36. The third-order valence-corrected chi connectivity index (χ3v) is 5.36. The van der Waals surface area contributed by atoms with E-state index >= 15 is 0 Å².